The Bertz CT molecular complexity index is 505. The number of nitrogens with zero attached hydrogens (tertiary/aromatic N) is 2. The van der Waals surface area contributed by atoms with Crippen molar-refractivity contribution in [1.82, 2.24) is 4.98 Å². The van der Waals surface area contributed by atoms with Crippen molar-refractivity contribution in [2.75, 3.05) is 12.0 Å². The van der Waals surface area contributed by atoms with Crippen LogP contribution in [-0.2, 0) is 14.3 Å². The lowest BCUT2D eigenvalue weighted by atomic mass is 10.0. The second kappa shape index (κ2) is 4.08. The van der Waals surface area contributed by atoms with Crippen molar-refractivity contribution in [3.05, 3.63) is 23.9 Å². The van der Waals surface area contributed by atoms with Crippen molar-refractivity contribution >= 4 is 17.7 Å². The van der Waals surface area contributed by atoms with Gasteiger partial charge in [0.1, 0.15) is 5.82 Å². The van der Waals surface area contributed by atoms with Gasteiger partial charge < -0.3 is 4.74 Å². The van der Waals surface area contributed by atoms with E-state index < -0.39 is 17.4 Å². The van der Waals surface area contributed by atoms with Gasteiger partial charge in [-0.3, -0.25) is 14.5 Å². The van der Waals surface area contributed by atoms with E-state index in [-0.39, 0.29) is 5.91 Å². The van der Waals surface area contributed by atoms with Crippen molar-refractivity contribution in [3.8, 4) is 0 Å². The predicted octanol–water partition coefficient (Wildman–Crippen LogP) is 1.48. The summed E-state index contributed by atoms with van der Waals surface area (Å²) in [4.78, 5) is 29.9. The van der Waals surface area contributed by atoms with E-state index in [0.717, 1.165) is 0 Å². The Kier molecular flexibility index (Phi) is 2.84. The number of carbonyl (C=O) groups is 2. The standard InChI is InChI=1S/C13H16N2O3/c1-13(2,3)15-10-8(6-5-7-14-10)9(11(15)16)12(17)18-4/h5-7,9H,1-4H3. The van der Waals surface area contributed by atoms with Gasteiger partial charge in [-0.2, -0.15) is 0 Å². The van der Waals surface area contributed by atoms with Crippen LogP contribution in [0.4, 0.5) is 5.82 Å². The Morgan fingerprint density at radius 1 is 1.44 bits per heavy atom. The Labute approximate surface area is 106 Å². The van der Waals surface area contributed by atoms with Crippen LogP contribution in [0.15, 0.2) is 18.3 Å². The summed E-state index contributed by atoms with van der Waals surface area (Å²) in [5.74, 6) is -1.16. The molecule has 18 heavy (non-hydrogen) atoms. The monoisotopic (exact) mass is 248 g/mol. The maximum absolute atomic E-state index is 12.4. The minimum absolute atomic E-state index is 0.275. The zero-order valence-corrected chi connectivity index (χ0v) is 10.9. The van der Waals surface area contributed by atoms with Crippen LogP contribution < -0.4 is 4.90 Å². The number of amides is 1. The van der Waals surface area contributed by atoms with Crippen LogP contribution >= 0.6 is 0 Å². The van der Waals surface area contributed by atoms with Crippen molar-refractivity contribution in [2.24, 2.45) is 0 Å². The minimum Gasteiger partial charge on any atom is -0.468 e. The van der Waals surface area contributed by atoms with E-state index in [2.05, 4.69) is 4.98 Å². The van der Waals surface area contributed by atoms with Gasteiger partial charge >= 0.3 is 5.97 Å². The van der Waals surface area contributed by atoms with Crippen LogP contribution in [0.3, 0.4) is 0 Å². The fourth-order valence-corrected chi connectivity index (χ4v) is 2.18. The van der Waals surface area contributed by atoms with Crippen LogP contribution in [-0.4, -0.2) is 29.5 Å². The first-order valence-corrected chi connectivity index (χ1v) is 5.74. The molecule has 1 aliphatic heterocycles. The molecule has 0 saturated heterocycles. The van der Waals surface area contributed by atoms with Gasteiger partial charge in [0.15, 0.2) is 5.92 Å². The molecule has 0 saturated carbocycles. The largest absolute Gasteiger partial charge is 0.468 e. The van der Waals surface area contributed by atoms with Crippen LogP contribution in [0.1, 0.15) is 32.3 Å². The topological polar surface area (TPSA) is 59.5 Å². The van der Waals surface area contributed by atoms with Crippen LogP contribution in [0.2, 0.25) is 0 Å². The maximum atomic E-state index is 12.4. The zero-order valence-electron chi connectivity index (χ0n) is 10.9. The highest BCUT2D eigenvalue weighted by molar-refractivity contribution is 6.16. The molecule has 1 aliphatic rings. The van der Waals surface area contributed by atoms with Crippen molar-refractivity contribution in [1.29, 1.82) is 0 Å². The molecular weight excluding hydrogens is 232 g/mol. The average molecular weight is 248 g/mol. The van der Waals surface area contributed by atoms with Gasteiger partial charge in [-0.15, -0.1) is 0 Å². The first-order valence-electron chi connectivity index (χ1n) is 5.74. The van der Waals surface area contributed by atoms with Gasteiger partial charge in [0.25, 0.3) is 0 Å². The van der Waals surface area contributed by atoms with Gasteiger partial charge in [-0.1, -0.05) is 6.07 Å². The lowest BCUT2D eigenvalue weighted by molar-refractivity contribution is -0.145. The number of carbonyl (C=O) groups excluding carboxylic acids is 2. The van der Waals surface area contributed by atoms with Crippen molar-refractivity contribution < 1.29 is 14.3 Å². The highest BCUT2D eigenvalue weighted by Gasteiger charge is 2.47. The number of ether oxygens (including phenoxy) is 1. The number of rotatable bonds is 1. The Morgan fingerprint density at radius 3 is 2.67 bits per heavy atom. The van der Waals surface area contributed by atoms with Crippen LogP contribution in [0.25, 0.3) is 0 Å². The molecular formula is C13H16N2O3. The summed E-state index contributed by atoms with van der Waals surface area (Å²) < 4.78 is 4.71. The van der Waals surface area contributed by atoms with Gasteiger partial charge in [-0.25, -0.2) is 4.98 Å². The summed E-state index contributed by atoms with van der Waals surface area (Å²) in [6, 6.07) is 3.46. The van der Waals surface area contributed by atoms with Crippen molar-refractivity contribution in [3.63, 3.8) is 0 Å². The second-order valence-corrected chi connectivity index (χ2v) is 5.22. The van der Waals surface area contributed by atoms with Gasteiger partial charge in [-0.05, 0) is 26.8 Å². The number of esters is 1. The second-order valence-electron chi connectivity index (χ2n) is 5.22. The van der Waals surface area contributed by atoms with Crippen LogP contribution in [0.5, 0.6) is 0 Å². The van der Waals surface area contributed by atoms with E-state index in [1.54, 1.807) is 23.2 Å². The van der Waals surface area contributed by atoms with E-state index in [0.29, 0.717) is 11.4 Å². The molecule has 5 nitrogen and oxygen atoms in total. The molecule has 0 N–H and O–H groups in total. The molecule has 1 amide bonds. The molecule has 0 aromatic carbocycles. The molecule has 1 unspecified atom stereocenters. The fourth-order valence-electron chi connectivity index (χ4n) is 2.18. The molecule has 1 aromatic rings. The molecule has 96 valence electrons. The third-order valence-corrected chi connectivity index (χ3v) is 2.91. The highest BCUT2D eigenvalue weighted by Crippen LogP contribution is 2.39. The number of fused-ring (bicyclic) bond motifs is 1. The molecule has 0 radical (unpaired) electrons. The van der Waals surface area contributed by atoms with E-state index in [1.807, 2.05) is 20.8 Å². The molecule has 0 fully saturated rings. The summed E-state index contributed by atoms with van der Waals surface area (Å²) in [5.41, 5.74) is 0.187. The first kappa shape index (κ1) is 12.5. The predicted molar refractivity (Wildman–Crippen MR) is 66.2 cm³/mol. The van der Waals surface area contributed by atoms with Crippen LogP contribution in [0, 0.1) is 0 Å². The lowest BCUT2D eigenvalue weighted by Gasteiger charge is -2.31. The maximum Gasteiger partial charge on any atom is 0.322 e. The fraction of sp³-hybridized carbons (Fsp3) is 0.462. The van der Waals surface area contributed by atoms with E-state index >= 15 is 0 Å². The molecule has 5 heteroatoms. The third kappa shape index (κ3) is 1.75. The molecule has 0 aliphatic carbocycles. The van der Waals surface area contributed by atoms with E-state index in [4.69, 9.17) is 4.74 Å². The normalized spacial score (nSPS) is 18.8. The minimum atomic E-state index is -0.891. The summed E-state index contributed by atoms with van der Waals surface area (Å²) in [5, 5.41) is 0. The Hall–Kier alpha value is -1.91. The number of anilines is 1. The number of hydrogen-bond donors (Lipinski definition) is 0. The first-order chi connectivity index (χ1) is 8.38. The smallest absolute Gasteiger partial charge is 0.322 e. The Balaban J connectivity index is 2.57. The lowest BCUT2D eigenvalue weighted by Crippen LogP contribution is -2.45. The number of aromatic nitrogens is 1. The molecule has 2 heterocycles. The molecule has 1 atom stereocenters. The molecule has 0 bridgehead atoms. The summed E-state index contributed by atoms with van der Waals surface area (Å²) in [7, 11) is 1.28. The third-order valence-electron chi connectivity index (χ3n) is 2.91. The Morgan fingerprint density at radius 2 is 2.11 bits per heavy atom. The van der Waals surface area contributed by atoms with E-state index in [1.165, 1.54) is 7.11 Å². The number of pyridine rings is 1. The van der Waals surface area contributed by atoms with Crippen molar-refractivity contribution in [2.45, 2.75) is 32.2 Å². The van der Waals surface area contributed by atoms with E-state index in [9.17, 15) is 9.59 Å². The summed E-state index contributed by atoms with van der Waals surface area (Å²) in [6.45, 7) is 5.72. The molecule has 1 aromatic heterocycles. The average Bonchev–Trinajstić information content (AvgIpc) is 2.59. The number of hydrogen-bond acceptors (Lipinski definition) is 4. The molecule has 0 spiro atoms. The highest BCUT2D eigenvalue weighted by atomic mass is 16.5. The van der Waals surface area contributed by atoms with Gasteiger partial charge in [0.2, 0.25) is 5.91 Å². The quantitative estimate of drug-likeness (QED) is 0.558. The zero-order chi connectivity index (χ0) is 13.5. The summed E-state index contributed by atoms with van der Waals surface area (Å²) >= 11 is 0. The molecule has 2 rings (SSSR count). The van der Waals surface area contributed by atoms with Gasteiger partial charge in [0, 0.05) is 17.3 Å². The SMILES string of the molecule is COC(=O)C1C(=O)N(C(C)(C)C)c2ncccc21. The number of methoxy groups -OCH3 is 1. The summed E-state index contributed by atoms with van der Waals surface area (Å²) in [6.07, 6.45) is 1.62. The van der Waals surface area contributed by atoms with Gasteiger partial charge in [0.05, 0.1) is 7.11 Å².